The van der Waals surface area contributed by atoms with E-state index in [0.29, 0.717) is 6.61 Å². The summed E-state index contributed by atoms with van der Waals surface area (Å²) in [5.74, 6) is 0.847. The van der Waals surface area contributed by atoms with Gasteiger partial charge in [0.05, 0.1) is 12.6 Å². The molecule has 0 aromatic heterocycles. The van der Waals surface area contributed by atoms with Crippen LogP contribution in [0.4, 0.5) is 4.79 Å². The third kappa shape index (κ3) is 5.66. The smallest absolute Gasteiger partial charge is 0.315 e. The second kappa shape index (κ2) is 7.34. The average molecular weight is 292 g/mol. The number of carbonyl (C=O) groups excluding carboxylic acids is 1. The lowest BCUT2D eigenvalue weighted by Gasteiger charge is -2.28. The molecule has 118 valence electrons. The minimum atomic E-state index is -0.140. The van der Waals surface area contributed by atoms with Crippen LogP contribution in [-0.2, 0) is 0 Å². The molecule has 0 fully saturated rings. The number of urea groups is 1. The Morgan fingerprint density at radius 1 is 1.14 bits per heavy atom. The normalized spacial score (nSPS) is 14.2. The number of carbonyl (C=O) groups is 1. The molecule has 1 aromatic carbocycles. The number of rotatable bonds is 5. The predicted octanol–water partition coefficient (Wildman–Crippen LogP) is 3.88. The van der Waals surface area contributed by atoms with Gasteiger partial charge in [-0.25, -0.2) is 4.79 Å². The monoisotopic (exact) mass is 292 g/mol. The molecule has 0 spiro atoms. The van der Waals surface area contributed by atoms with Crippen molar-refractivity contribution in [3.05, 3.63) is 29.8 Å². The van der Waals surface area contributed by atoms with Gasteiger partial charge in [0.1, 0.15) is 5.75 Å². The van der Waals surface area contributed by atoms with Crippen molar-refractivity contribution >= 4 is 6.03 Å². The number of hydrogen-bond acceptors (Lipinski definition) is 2. The lowest BCUT2D eigenvalue weighted by atomic mass is 9.88. The van der Waals surface area contributed by atoms with E-state index in [1.165, 1.54) is 0 Å². The summed E-state index contributed by atoms with van der Waals surface area (Å²) in [5, 5.41) is 5.94. The van der Waals surface area contributed by atoms with E-state index in [-0.39, 0.29) is 23.5 Å². The zero-order chi connectivity index (χ0) is 16.0. The number of ether oxygens (including phenoxy) is 1. The summed E-state index contributed by atoms with van der Waals surface area (Å²) in [6, 6.07) is 7.71. The van der Waals surface area contributed by atoms with Crippen molar-refractivity contribution in [3.63, 3.8) is 0 Å². The molecule has 0 aliphatic carbocycles. The second-order valence-electron chi connectivity index (χ2n) is 6.43. The third-order valence-corrected chi connectivity index (χ3v) is 3.69. The van der Waals surface area contributed by atoms with Gasteiger partial charge < -0.3 is 15.4 Å². The molecule has 2 amide bonds. The molecule has 21 heavy (non-hydrogen) atoms. The Hall–Kier alpha value is -1.71. The fourth-order valence-electron chi connectivity index (χ4n) is 1.75. The molecule has 1 rings (SSSR count). The molecule has 2 atom stereocenters. The Balaban J connectivity index is 2.56. The Labute approximate surface area is 128 Å². The molecule has 2 unspecified atom stereocenters. The van der Waals surface area contributed by atoms with E-state index < -0.39 is 0 Å². The van der Waals surface area contributed by atoms with Gasteiger partial charge in [-0.3, -0.25) is 0 Å². The average Bonchev–Trinajstić information content (AvgIpc) is 2.38. The zero-order valence-electron chi connectivity index (χ0n) is 14.0. The Morgan fingerprint density at radius 3 is 2.19 bits per heavy atom. The van der Waals surface area contributed by atoms with Crippen LogP contribution in [0.1, 0.15) is 53.1 Å². The predicted molar refractivity (Wildman–Crippen MR) is 86.6 cm³/mol. The van der Waals surface area contributed by atoms with Crippen molar-refractivity contribution in [1.82, 2.24) is 10.6 Å². The molecule has 0 aliphatic rings. The summed E-state index contributed by atoms with van der Waals surface area (Å²) in [4.78, 5) is 12.0. The summed E-state index contributed by atoms with van der Waals surface area (Å²) >= 11 is 0. The largest absolute Gasteiger partial charge is 0.494 e. The van der Waals surface area contributed by atoms with E-state index in [9.17, 15) is 4.79 Å². The van der Waals surface area contributed by atoms with E-state index >= 15 is 0 Å². The minimum Gasteiger partial charge on any atom is -0.494 e. The lowest BCUT2D eigenvalue weighted by molar-refractivity contribution is 0.219. The highest BCUT2D eigenvalue weighted by molar-refractivity contribution is 5.74. The van der Waals surface area contributed by atoms with Gasteiger partial charge in [-0.2, -0.15) is 0 Å². The van der Waals surface area contributed by atoms with Crippen molar-refractivity contribution in [2.45, 2.75) is 53.6 Å². The minimum absolute atomic E-state index is 0.0414. The molecule has 0 radical (unpaired) electrons. The first kappa shape index (κ1) is 17.3. The van der Waals surface area contributed by atoms with Gasteiger partial charge in [-0.05, 0) is 43.9 Å². The van der Waals surface area contributed by atoms with Crippen LogP contribution in [0.2, 0.25) is 0 Å². The van der Waals surface area contributed by atoms with Crippen molar-refractivity contribution in [3.8, 4) is 5.75 Å². The highest BCUT2D eigenvalue weighted by Gasteiger charge is 2.22. The molecule has 4 nitrogen and oxygen atoms in total. The van der Waals surface area contributed by atoms with Gasteiger partial charge in [0.15, 0.2) is 0 Å². The fraction of sp³-hybridized carbons (Fsp3) is 0.588. The molecular weight excluding hydrogens is 264 g/mol. The third-order valence-electron chi connectivity index (χ3n) is 3.69. The molecular formula is C17H28N2O2. The van der Waals surface area contributed by atoms with Crippen LogP contribution >= 0.6 is 0 Å². The quantitative estimate of drug-likeness (QED) is 0.865. The number of amides is 2. The second-order valence-corrected chi connectivity index (χ2v) is 6.43. The standard InChI is InChI=1S/C17H28N2O2/c1-7-21-15-10-8-14(9-11-15)12(2)18-16(20)19-13(3)17(4,5)6/h8-13H,7H2,1-6H3,(H2,18,19,20). The molecule has 0 aliphatic heterocycles. The van der Waals surface area contributed by atoms with E-state index in [0.717, 1.165) is 11.3 Å². The Bertz CT molecular complexity index is 449. The van der Waals surface area contributed by atoms with Crippen molar-refractivity contribution in [1.29, 1.82) is 0 Å². The summed E-state index contributed by atoms with van der Waals surface area (Å²) in [7, 11) is 0. The molecule has 1 aromatic rings. The maximum absolute atomic E-state index is 12.0. The van der Waals surface area contributed by atoms with Gasteiger partial charge >= 0.3 is 6.03 Å². The molecule has 0 saturated heterocycles. The van der Waals surface area contributed by atoms with E-state index in [2.05, 4.69) is 31.4 Å². The first-order valence-corrected chi connectivity index (χ1v) is 7.53. The van der Waals surface area contributed by atoms with Gasteiger partial charge in [0, 0.05) is 6.04 Å². The zero-order valence-corrected chi connectivity index (χ0v) is 14.0. The molecule has 0 heterocycles. The molecule has 0 saturated carbocycles. The van der Waals surface area contributed by atoms with E-state index in [4.69, 9.17) is 4.74 Å². The first-order valence-electron chi connectivity index (χ1n) is 7.53. The van der Waals surface area contributed by atoms with Crippen molar-refractivity contribution in [2.75, 3.05) is 6.61 Å². The summed E-state index contributed by atoms with van der Waals surface area (Å²) in [5.41, 5.74) is 1.09. The van der Waals surface area contributed by atoms with Gasteiger partial charge in [-0.15, -0.1) is 0 Å². The maximum atomic E-state index is 12.0. The van der Waals surface area contributed by atoms with Crippen LogP contribution in [0.25, 0.3) is 0 Å². The number of hydrogen-bond donors (Lipinski definition) is 2. The van der Waals surface area contributed by atoms with Gasteiger partial charge in [0.2, 0.25) is 0 Å². The van der Waals surface area contributed by atoms with Crippen molar-refractivity contribution in [2.24, 2.45) is 5.41 Å². The van der Waals surface area contributed by atoms with Crippen LogP contribution in [0.5, 0.6) is 5.75 Å². The van der Waals surface area contributed by atoms with Crippen LogP contribution in [0, 0.1) is 5.41 Å². The molecule has 4 heteroatoms. The van der Waals surface area contributed by atoms with Crippen LogP contribution in [0.3, 0.4) is 0 Å². The summed E-state index contributed by atoms with van der Waals surface area (Å²) in [6.45, 7) is 12.9. The topological polar surface area (TPSA) is 50.4 Å². The number of nitrogens with one attached hydrogen (secondary N) is 2. The molecule has 0 bridgehead atoms. The number of benzene rings is 1. The van der Waals surface area contributed by atoms with Gasteiger partial charge in [-0.1, -0.05) is 32.9 Å². The van der Waals surface area contributed by atoms with E-state index in [1.54, 1.807) is 0 Å². The van der Waals surface area contributed by atoms with Crippen LogP contribution in [-0.4, -0.2) is 18.7 Å². The van der Waals surface area contributed by atoms with Gasteiger partial charge in [0.25, 0.3) is 0 Å². The highest BCUT2D eigenvalue weighted by atomic mass is 16.5. The first-order chi connectivity index (χ1) is 9.74. The highest BCUT2D eigenvalue weighted by Crippen LogP contribution is 2.19. The Kier molecular flexibility index (Phi) is 6.06. The van der Waals surface area contributed by atoms with E-state index in [1.807, 2.05) is 45.0 Å². The maximum Gasteiger partial charge on any atom is 0.315 e. The van der Waals surface area contributed by atoms with Crippen molar-refractivity contribution < 1.29 is 9.53 Å². The summed E-state index contributed by atoms with van der Waals surface area (Å²) < 4.78 is 5.41. The van der Waals surface area contributed by atoms with Crippen LogP contribution < -0.4 is 15.4 Å². The summed E-state index contributed by atoms with van der Waals surface area (Å²) in [6.07, 6.45) is 0. The Morgan fingerprint density at radius 2 is 1.71 bits per heavy atom. The fourth-order valence-corrected chi connectivity index (χ4v) is 1.75. The van der Waals surface area contributed by atoms with Crippen LogP contribution in [0.15, 0.2) is 24.3 Å². The SMILES string of the molecule is CCOc1ccc(C(C)NC(=O)NC(C)C(C)(C)C)cc1. The molecule has 2 N–H and O–H groups in total. The lowest BCUT2D eigenvalue weighted by Crippen LogP contribution is -2.46.